The number of hydrogen-bond donors (Lipinski definition) is 0. The molecule has 0 amide bonds. The molecule has 0 saturated carbocycles. The molecule has 0 aliphatic heterocycles. The van der Waals surface area contributed by atoms with Crippen LogP contribution in [0.5, 0.6) is 0 Å². The van der Waals surface area contributed by atoms with E-state index in [4.69, 9.17) is 0 Å². The van der Waals surface area contributed by atoms with Gasteiger partial charge in [0, 0.05) is 15.6 Å². The molecule has 0 spiro atoms. The van der Waals surface area contributed by atoms with Gasteiger partial charge in [-0.2, -0.15) is 0 Å². The highest BCUT2D eigenvalue weighted by molar-refractivity contribution is 9.10. The molecular formula is C13H18Br2O2S. The Bertz CT molecular complexity index is 454. The number of rotatable bonds is 7. The molecule has 2 nitrogen and oxygen atoms in total. The van der Waals surface area contributed by atoms with Gasteiger partial charge in [-0.1, -0.05) is 50.9 Å². The van der Waals surface area contributed by atoms with Crippen LogP contribution in [0.15, 0.2) is 28.7 Å². The van der Waals surface area contributed by atoms with Gasteiger partial charge in [0.2, 0.25) is 0 Å². The van der Waals surface area contributed by atoms with E-state index >= 15 is 0 Å². The Morgan fingerprint density at radius 2 is 1.83 bits per heavy atom. The second kappa shape index (κ2) is 7.65. The summed E-state index contributed by atoms with van der Waals surface area (Å²) in [5.41, 5.74) is 1.25. The van der Waals surface area contributed by atoms with Crippen molar-refractivity contribution in [1.82, 2.24) is 0 Å². The molecule has 1 aromatic carbocycles. The zero-order valence-corrected chi connectivity index (χ0v) is 14.4. The number of halogens is 2. The van der Waals surface area contributed by atoms with Crippen molar-refractivity contribution in [2.45, 2.75) is 25.7 Å². The summed E-state index contributed by atoms with van der Waals surface area (Å²) >= 11 is 6.92. The van der Waals surface area contributed by atoms with Crippen molar-refractivity contribution in [2.24, 2.45) is 0 Å². The highest BCUT2D eigenvalue weighted by atomic mass is 79.9. The van der Waals surface area contributed by atoms with Crippen LogP contribution >= 0.6 is 31.9 Å². The van der Waals surface area contributed by atoms with Crippen molar-refractivity contribution in [3.63, 3.8) is 0 Å². The van der Waals surface area contributed by atoms with Crippen LogP contribution in [0.4, 0.5) is 0 Å². The molecule has 0 radical (unpaired) electrons. The van der Waals surface area contributed by atoms with Crippen LogP contribution in [0.3, 0.4) is 0 Å². The molecule has 0 fully saturated rings. The third-order valence-electron chi connectivity index (χ3n) is 2.98. The zero-order valence-electron chi connectivity index (χ0n) is 10.4. The standard InChI is InChI=1S/C13H18Br2O2S/c1-2-18(16,17)9-3-4-12(10-14)11-5-7-13(15)8-6-11/h5-8,12H,2-4,9-10H2,1H3. The van der Waals surface area contributed by atoms with Crippen LogP contribution in [-0.4, -0.2) is 25.3 Å². The minimum absolute atomic E-state index is 0.240. The molecule has 1 unspecified atom stereocenters. The Balaban J connectivity index is 2.55. The SMILES string of the molecule is CCS(=O)(=O)CCCC(CBr)c1ccc(Br)cc1. The van der Waals surface area contributed by atoms with Crippen molar-refractivity contribution in [1.29, 1.82) is 0 Å². The molecule has 0 N–H and O–H groups in total. The molecule has 1 aromatic rings. The van der Waals surface area contributed by atoms with Gasteiger partial charge in [-0.3, -0.25) is 0 Å². The number of alkyl halides is 1. The first kappa shape index (κ1) is 16.2. The van der Waals surface area contributed by atoms with Gasteiger partial charge in [-0.15, -0.1) is 0 Å². The lowest BCUT2D eigenvalue weighted by atomic mass is 9.97. The van der Waals surface area contributed by atoms with Crippen LogP contribution in [-0.2, 0) is 9.84 Å². The lowest BCUT2D eigenvalue weighted by Gasteiger charge is -2.14. The summed E-state index contributed by atoms with van der Waals surface area (Å²) in [7, 11) is -2.84. The molecule has 0 heterocycles. The fourth-order valence-corrected chi connectivity index (χ4v) is 3.62. The quantitative estimate of drug-likeness (QED) is 0.647. The van der Waals surface area contributed by atoms with Gasteiger partial charge >= 0.3 is 0 Å². The maximum Gasteiger partial charge on any atom is 0.150 e. The van der Waals surface area contributed by atoms with Crippen LogP contribution in [0.2, 0.25) is 0 Å². The van der Waals surface area contributed by atoms with Gasteiger partial charge in [0.05, 0.1) is 5.75 Å². The Morgan fingerprint density at radius 3 is 2.33 bits per heavy atom. The van der Waals surface area contributed by atoms with Crippen molar-refractivity contribution in [2.75, 3.05) is 16.8 Å². The van der Waals surface area contributed by atoms with Gasteiger partial charge in [-0.05, 0) is 36.5 Å². The Morgan fingerprint density at radius 1 is 1.22 bits per heavy atom. The summed E-state index contributed by atoms with van der Waals surface area (Å²) in [6.45, 7) is 1.70. The number of hydrogen-bond acceptors (Lipinski definition) is 2. The van der Waals surface area contributed by atoms with Gasteiger partial charge in [0.25, 0.3) is 0 Å². The van der Waals surface area contributed by atoms with E-state index in [0.717, 1.165) is 22.6 Å². The van der Waals surface area contributed by atoms with Gasteiger partial charge in [0.15, 0.2) is 0 Å². The van der Waals surface area contributed by atoms with Gasteiger partial charge < -0.3 is 0 Å². The first-order valence-corrected chi connectivity index (χ1v) is 9.74. The molecule has 0 aliphatic rings. The highest BCUT2D eigenvalue weighted by Gasteiger charge is 2.13. The molecule has 0 aromatic heterocycles. The van der Waals surface area contributed by atoms with Crippen LogP contribution < -0.4 is 0 Å². The van der Waals surface area contributed by atoms with Crippen molar-refractivity contribution in [3.8, 4) is 0 Å². The highest BCUT2D eigenvalue weighted by Crippen LogP contribution is 2.25. The van der Waals surface area contributed by atoms with E-state index in [1.807, 2.05) is 12.1 Å². The summed E-state index contributed by atoms with van der Waals surface area (Å²) in [5.74, 6) is 0.915. The first-order chi connectivity index (χ1) is 8.48. The fraction of sp³-hybridized carbons (Fsp3) is 0.538. The summed E-state index contributed by atoms with van der Waals surface area (Å²) in [5, 5.41) is 0.862. The smallest absolute Gasteiger partial charge is 0.150 e. The molecular weight excluding hydrogens is 380 g/mol. The van der Waals surface area contributed by atoms with Crippen LogP contribution in [0.1, 0.15) is 31.2 Å². The Hall–Kier alpha value is 0.130. The fourth-order valence-electron chi connectivity index (χ4n) is 1.76. The third-order valence-corrected chi connectivity index (χ3v) is 6.08. The largest absolute Gasteiger partial charge is 0.229 e. The lowest BCUT2D eigenvalue weighted by molar-refractivity contribution is 0.588. The monoisotopic (exact) mass is 396 g/mol. The van der Waals surface area contributed by atoms with E-state index in [0.29, 0.717) is 11.7 Å². The average Bonchev–Trinajstić information content (AvgIpc) is 2.36. The van der Waals surface area contributed by atoms with E-state index in [1.165, 1.54) is 5.56 Å². The molecule has 0 aliphatic carbocycles. The Labute approximate surface area is 126 Å². The lowest BCUT2D eigenvalue weighted by Crippen LogP contribution is -2.10. The second-order valence-electron chi connectivity index (χ2n) is 4.28. The predicted octanol–water partition coefficient (Wildman–Crippen LogP) is 4.14. The maximum atomic E-state index is 11.4. The Kier molecular flexibility index (Phi) is 6.88. The normalized spacial score (nSPS) is 13.5. The summed E-state index contributed by atoms with van der Waals surface area (Å²) in [4.78, 5) is 0. The van der Waals surface area contributed by atoms with Crippen LogP contribution in [0, 0.1) is 0 Å². The molecule has 18 heavy (non-hydrogen) atoms. The molecule has 102 valence electrons. The molecule has 0 saturated heterocycles. The molecule has 1 rings (SSSR count). The topological polar surface area (TPSA) is 34.1 Å². The minimum Gasteiger partial charge on any atom is -0.229 e. The molecule has 5 heteroatoms. The minimum atomic E-state index is -2.84. The molecule has 1 atom stereocenters. The second-order valence-corrected chi connectivity index (χ2v) is 8.32. The average molecular weight is 398 g/mol. The molecule has 0 bridgehead atoms. The van der Waals surface area contributed by atoms with Gasteiger partial charge in [-0.25, -0.2) is 8.42 Å². The third kappa shape index (κ3) is 5.41. The summed E-state index contributed by atoms with van der Waals surface area (Å²) < 4.78 is 23.9. The number of benzene rings is 1. The van der Waals surface area contributed by atoms with Crippen molar-refractivity contribution < 1.29 is 8.42 Å². The van der Waals surface area contributed by atoms with E-state index in [-0.39, 0.29) is 5.75 Å². The van der Waals surface area contributed by atoms with Gasteiger partial charge in [0.1, 0.15) is 9.84 Å². The zero-order chi connectivity index (χ0) is 13.6. The predicted molar refractivity (Wildman–Crippen MR) is 84.2 cm³/mol. The first-order valence-electron chi connectivity index (χ1n) is 6.00. The van der Waals surface area contributed by atoms with Crippen molar-refractivity contribution in [3.05, 3.63) is 34.3 Å². The number of sulfone groups is 1. The van der Waals surface area contributed by atoms with Crippen molar-refractivity contribution >= 4 is 41.7 Å². The van der Waals surface area contributed by atoms with E-state index in [9.17, 15) is 8.42 Å². The van der Waals surface area contributed by atoms with E-state index in [1.54, 1.807) is 6.92 Å². The maximum absolute atomic E-state index is 11.4. The summed E-state index contributed by atoms with van der Waals surface area (Å²) in [6, 6.07) is 8.22. The summed E-state index contributed by atoms with van der Waals surface area (Å²) in [6.07, 6.45) is 1.62. The van der Waals surface area contributed by atoms with Crippen LogP contribution in [0.25, 0.3) is 0 Å². The van der Waals surface area contributed by atoms with E-state index in [2.05, 4.69) is 44.0 Å². The van der Waals surface area contributed by atoms with E-state index < -0.39 is 9.84 Å².